The maximum atomic E-state index is 12.6. The number of hydrogen-bond acceptors (Lipinski definition) is 8. The van der Waals surface area contributed by atoms with Crippen molar-refractivity contribution >= 4 is 33.7 Å². The van der Waals surface area contributed by atoms with E-state index in [4.69, 9.17) is 9.72 Å². The Morgan fingerprint density at radius 3 is 2.76 bits per heavy atom. The lowest BCUT2D eigenvalue weighted by atomic mass is 10.1. The normalized spacial score (nSPS) is 17.5. The zero-order valence-electron chi connectivity index (χ0n) is 18.2. The van der Waals surface area contributed by atoms with Crippen molar-refractivity contribution in [1.29, 1.82) is 0 Å². The standard InChI is InChI=1S/C24H24N6O2S/c1-32-23-11-10-19(17-27-23)30(18-6-4-12-25-16-18)28-20-7-5-13-26-24(20)29-14-15-33(31)22-9-3-2-8-21(22)29/h3-7,9-13,16-17,28H,2,8,14-15H2,1H3/t33-/m1/s1. The van der Waals surface area contributed by atoms with E-state index in [1.807, 2.05) is 47.5 Å². The first-order valence-corrected chi connectivity index (χ1v) is 12.0. The molecule has 0 saturated heterocycles. The third-order valence-corrected chi connectivity index (χ3v) is 6.96. The molecule has 0 aromatic carbocycles. The van der Waals surface area contributed by atoms with Gasteiger partial charge in [0.1, 0.15) is 0 Å². The lowest BCUT2D eigenvalue weighted by Gasteiger charge is -2.35. The van der Waals surface area contributed by atoms with Crippen LogP contribution in [0.25, 0.3) is 0 Å². The van der Waals surface area contributed by atoms with E-state index in [-0.39, 0.29) is 0 Å². The zero-order chi connectivity index (χ0) is 22.6. The molecule has 0 saturated carbocycles. The van der Waals surface area contributed by atoms with E-state index in [2.05, 4.69) is 26.4 Å². The molecule has 1 aliphatic heterocycles. The summed E-state index contributed by atoms with van der Waals surface area (Å²) in [7, 11) is 0.626. The molecule has 0 spiro atoms. The Labute approximate surface area is 195 Å². The van der Waals surface area contributed by atoms with Crippen LogP contribution in [0.3, 0.4) is 0 Å². The molecule has 5 rings (SSSR count). The summed E-state index contributed by atoms with van der Waals surface area (Å²) >= 11 is 0. The minimum absolute atomic E-state index is 0.540. The summed E-state index contributed by atoms with van der Waals surface area (Å²) in [5, 5.41) is 1.91. The van der Waals surface area contributed by atoms with Gasteiger partial charge in [-0.2, -0.15) is 0 Å². The summed E-state index contributed by atoms with van der Waals surface area (Å²) in [6.45, 7) is 0.655. The molecule has 8 nitrogen and oxygen atoms in total. The molecule has 1 aliphatic carbocycles. The maximum Gasteiger partial charge on any atom is 0.213 e. The van der Waals surface area contributed by atoms with Crippen molar-refractivity contribution in [2.24, 2.45) is 0 Å². The van der Waals surface area contributed by atoms with Crippen LogP contribution in [0, 0.1) is 0 Å². The van der Waals surface area contributed by atoms with E-state index in [0.717, 1.165) is 46.3 Å². The number of ether oxygens (including phenoxy) is 1. The van der Waals surface area contributed by atoms with Crippen LogP contribution in [0.2, 0.25) is 0 Å². The number of allylic oxidation sites excluding steroid dienone is 3. The molecule has 33 heavy (non-hydrogen) atoms. The first kappa shape index (κ1) is 21.1. The second-order valence-corrected chi connectivity index (χ2v) is 9.08. The minimum atomic E-state index is -0.967. The van der Waals surface area contributed by atoms with Crippen molar-refractivity contribution in [1.82, 2.24) is 15.0 Å². The van der Waals surface area contributed by atoms with Gasteiger partial charge in [0.15, 0.2) is 5.82 Å². The Balaban J connectivity index is 1.54. The number of pyridine rings is 3. The number of aromatic nitrogens is 3. The van der Waals surface area contributed by atoms with E-state index in [0.29, 0.717) is 18.2 Å². The molecular formula is C24H24N6O2S. The van der Waals surface area contributed by atoms with E-state index < -0.39 is 10.8 Å². The topological polar surface area (TPSA) is 83.5 Å². The molecule has 3 aromatic heterocycles. The Bertz CT molecular complexity index is 1210. The fourth-order valence-corrected chi connectivity index (χ4v) is 5.26. The van der Waals surface area contributed by atoms with E-state index in [1.54, 1.807) is 31.9 Å². The van der Waals surface area contributed by atoms with Crippen LogP contribution < -0.4 is 20.1 Å². The second kappa shape index (κ2) is 9.41. The molecule has 1 N–H and O–H groups in total. The van der Waals surface area contributed by atoms with Crippen LogP contribution in [-0.4, -0.2) is 38.6 Å². The molecule has 0 fully saturated rings. The van der Waals surface area contributed by atoms with Gasteiger partial charge >= 0.3 is 0 Å². The molecule has 0 unspecified atom stereocenters. The molecule has 1 atom stereocenters. The third-order valence-electron chi connectivity index (χ3n) is 5.54. The van der Waals surface area contributed by atoms with Gasteiger partial charge in [0.2, 0.25) is 5.88 Å². The highest BCUT2D eigenvalue weighted by molar-refractivity contribution is 7.89. The number of hydrazine groups is 1. The molecular weight excluding hydrogens is 436 g/mol. The lowest BCUT2D eigenvalue weighted by molar-refractivity contribution is 0.398. The average Bonchev–Trinajstić information content (AvgIpc) is 2.89. The highest BCUT2D eigenvalue weighted by Crippen LogP contribution is 2.36. The Morgan fingerprint density at radius 1 is 1.09 bits per heavy atom. The summed E-state index contributed by atoms with van der Waals surface area (Å²) in [5.74, 6) is 1.92. The van der Waals surface area contributed by atoms with Crippen molar-refractivity contribution in [3.63, 3.8) is 0 Å². The van der Waals surface area contributed by atoms with Crippen molar-refractivity contribution < 1.29 is 8.95 Å². The summed E-state index contributed by atoms with van der Waals surface area (Å²) in [6, 6.07) is 11.5. The Morgan fingerprint density at radius 2 is 1.97 bits per heavy atom. The maximum absolute atomic E-state index is 12.6. The average molecular weight is 461 g/mol. The fraction of sp³-hybridized carbons (Fsp3) is 0.208. The monoisotopic (exact) mass is 460 g/mol. The van der Waals surface area contributed by atoms with Crippen LogP contribution in [0.4, 0.5) is 22.9 Å². The molecule has 2 aliphatic rings. The van der Waals surface area contributed by atoms with Crippen molar-refractivity contribution in [3.8, 4) is 5.88 Å². The SMILES string of the molecule is COc1ccc(N(Nc2cccnc2N2CC[S@@](=O)C3=C2CCC=C3)c2cccnc2)cn1. The molecule has 9 heteroatoms. The number of nitrogens with zero attached hydrogens (tertiary/aromatic N) is 5. The molecule has 168 valence electrons. The zero-order valence-corrected chi connectivity index (χ0v) is 19.0. The molecule has 0 radical (unpaired) electrons. The van der Waals surface area contributed by atoms with Gasteiger partial charge in [-0.3, -0.25) is 19.6 Å². The van der Waals surface area contributed by atoms with Crippen molar-refractivity contribution in [2.75, 3.05) is 34.7 Å². The Hall–Kier alpha value is -3.72. The summed E-state index contributed by atoms with van der Waals surface area (Å²) < 4.78 is 17.8. The number of hydrogen-bond donors (Lipinski definition) is 1. The van der Waals surface area contributed by atoms with Gasteiger partial charge in [-0.05, 0) is 49.2 Å². The summed E-state index contributed by atoms with van der Waals surface area (Å²) in [4.78, 5) is 16.5. The summed E-state index contributed by atoms with van der Waals surface area (Å²) in [5.41, 5.74) is 7.09. The van der Waals surface area contributed by atoms with E-state index >= 15 is 0 Å². The first-order chi connectivity index (χ1) is 16.2. The highest BCUT2D eigenvalue weighted by atomic mass is 32.2. The molecule has 0 amide bonds. The number of rotatable bonds is 6. The van der Waals surface area contributed by atoms with Gasteiger partial charge < -0.3 is 9.64 Å². The van der Waals surface area contributed by atoms with Crippen LogP contribution >= 0.6 is 0 Å². The predicted molar refractivity (Wildman–Crippen MR) is 131 cm³/mol. The number of anilines is 4. The van der Waals surface area contributed by atoms with Gasteiger partial charge in [-0.25, -0.2) is 9.97 Å². The highest BCUT2D eigenvalue weighted by Gasteiger charge is 2.28. The Kier molecular flexibility index (Phi) is 6.03. The first-order valence-electron chi connectivity index (χ1n) is 10.7. The van der Waals surface area contributed by atoms with Crippen LogP contribution in [-0.2, 0) is 10.8 Å². The van der Waals surface area contributed by atoms with Gasteiger partial charge in [-0.15, -0.1) is 0 Å². The quantitative estimate of drug-likeness (QED) is 0.549. The van der Waals surface area contributed by atoms with Crippen LogP contribution in [0.1, 0.15) is 12.8 Å². The third kappa shape index (κ3) is 4.31. The number of nitrogens with one attached hydrogen (secondary N) is 1. The van der Waals surface area contributed by atoms with Crippen molar-refractivity contribution in [3.05, 3.63) is 83.9 Å². The minimum Gasteiger partial charge on any atom is -0.481 e. The summed E-state index contributed by atoms with van der Waals surface area (Å²) in [6.07, 6.45) is 12.9. The fourth-order valence-electron chi connectivity index (χ4n) is 3.97. The predicted octanol–water partition coefficient (Wildman–Crippen LogP) is 4.18. The van der Waals surface area contributed by atoms with Crippen LogP contribution in [0.15, 0.2) is 83.9 Å². The number of methoxy groups -OCH3 is 1. The molecule has 4 heterocycles. The second-order valence-electron chi connectivity index (χ2n) is 7.55. The van der Waals surface area contributed by atoms with E-state index in [9.17, 15) is 4.21 Å². The smallest absolute Gasteiger partial charge is 0.213 e. The van der Waals surface area contributed by atoms with Crippen molar-refractivity contribution in [2.45, 2.75) is 12.8 Å². The van der Waals surface area contributed by atoms with Crippen LogP contribution in [0.5, 0.6) is 5.88 Å². The van der Waals surface area contributed by atoms with Gasteiger partial charge in [0, 0.05) is 36.5 Å². The largest absolute Gasteiger partial charge is 0.481 e. The van der Waals surface area contributed by atoms with Gasteiger partial charge in [0.25, 0.3) is 0 Å². The van der Waals surface area contributed by atoms with Gasteiger partial charge in [-0.1, -0.05) is 6.08 Å². The molecule has 3 aromatic rings. The lowest BCUT2D eigenvalue weighted by Crippen LogP contribution is -2.36. The van der Waals surface area contributed by atoms with E-state index in [1.165, 1.54) is 0 Å². The molecule has 0 bridgehead atoms. The van der Waals surface area contributed by atoms with Gasteiger partial charge in [0.05, 0.1) is 52.3 Å².